The van der Waals surface area contributed by atoms with E-state index in [1.807, 2.05) is 6.92 Å². The number of aliphatic hydroxyl groups excluding tert-OH is 1. The second-order valence-corrected chi connectivity index (χ2v) is 4.84. The first kappa shape index (κ1) is 15.5. The van der Waals surface area contributed by atoms with Crippen molar-refractivity contribution in [1.29, 1.82) is 0 Å². The highest BCUT2D eigenvalue weighted by Crippen LogP contribution is 2.19. The molecule has 114 valence electrons. The summed E-state index contributed by atoms with van der Waals surface area (Å²) in [6.07, 6.45) is -0.388. The van der Waals surface area contributed by atoms with Gasteiger partial charge < -0.3 is 9.63 Å². The molecule has 5 nitrogen and oxygen atoms in total. The van der Waals surface area contributed by atoms with Gasteiger partial charge in [-0.25, -0.2) is 8.78 Å². The summed E-state index contributed by atoms with van der Waals surface area (Å²) in [5, 5.41) is 13.8. The summed E-state index contributed by atoms with van der Waals surface area (Å²) < 4.78 is 31.4. The van der Waals surface area contributed by atoms with Gasteiger partial charge in [0.05, 0.1) is 12.6 Å². The smallest absolute Gasteiger partial charge is 0.240 e. The van der Waals surface area contributed by atoms with Crippen molar-refractivity contribution in [3.05, 3.63) is 47.1 Å². The summed E-state index contributed by atoms with van der Waals surface area (Å²) in [6, 6.07) is 3.11. The second kappa shape index (κ2) is 6.73. The van der Waals surface area contributed by atoms with Crippen molar-refractivity contribution in [1.82, 2.24) is 15.0 Å². The fourth-order valence-electron chi connectivity index (χ4n) is 1.96. The summed E-state index contributed by atoms with van der Waals surface area (Å²) in [6.45, 7) is 2.42. The Bertz CT molecular complexity index is 604. The Labute approximate surface area is 121 Å². The van der Waals surface area contributed by atoms with Gasteiger partial charge in [-0.3, -0.25) is 4.90 Å². The number of hydrogen-bond acceptors (Lipinski definition) is 5. The Morgan fingerprint density at radius 3 is 2.76 bits per heavy atom. The first-order valence-electron chi connectivity index (χ1n) is 6.62. The van der Waals surface area contributed by atoms with Crippen LogP contribution in [0.3, 0.4) is 0 Å². The van der Waals surface area contributed by atoms with E-state index in [4.69, 9.17) is 4.52 Å². The summed E-state index contributed by atoms with van der Waals surface area (Å²) in [4.78, 5) is 5.88. The number of rotatable bonds is 6. The largest absolute Gasteiger partial charge is 0.387 e. The molecule has 1 aromatic carbocycles. The van der Waals surface area contributed by atoms with Crippen LogP contribution in [0.25, 0.3) is 0 Å². The maximum atomic E-state index is 13.6. The fourth-order valence-corrected chi connectivity index (χ4v) is 1.96. The quantitative estimate of drug-likeness (QED) is 0.884. The molecule has 0 saturated heterocycles. The number of benzene rings is 1. The third-order valence-electron chi connectivity index (χ3n) is 3.04. The molecule has 2 aromatic rings. The van der Waals surface area contributed by atoms with Crippen molar-refractivity contribution in [3.63, 3.8) is 0 Å². The van der Waals surface area contributed by atoms with Crippen LogP contribution in [0, 0.1) is 11.6 Å². The molecule has 0 saturated carbocycles. The zero-order valence-electron chi connectivity index (χ0n) is 11.9. The average molecular weight is 297 g/mol. The minimum Gasteiger partial charge on any atom is -0.387 e. The van der Waals surface area contributed by atoms with E-state index in [1.54, 1.807) is 11.9 Å². The van der Waals surface area contributed by atoms with Crippen LogP contribution in [0.15, 0.2) is 22.7 Å². The van der Waals surface area contributed by atoms with Crippen LogP contribution in [0.1, 0.15) is 30.3 Å². The number of aryl methyl sites for hydroxylation is 1. The molecule has 0 fully saturated rings. The van der Waals surface area contributed by atoms with E-state index in [-0.39, 0.29) is 12.1 Å². The van der Waals surface area contributed by atoms with Gasteiger partial charge in [-0.05, 0) is 13.1 Å². The molecule has 0 aliphatic carbocycles. The number of hydrogen-bond donors (Lipinski definition) is 1. The first-order valence-corrected chi connectivity index (χ1v) is 6.62. The topological polar surface area (TPSA) is 62.4 Å². The number of likely N-dealkylation sites (N-methyl/N-ethyl adjacent to an activating group) is 1. The normalized spacial score (nSPS) is 12.9. The van der Waals surface area contributed by atoms with Crippen molar-refractivity contribution in [2.45, 2.75) is 26.0 Å². The molecule has 0 bridgehead atoms. The van der Waals surface area contributed by atoms with Gasteiger partial charge in [0.15, 0.2) is 5.82 Å². The maximum Gasteiger partial charge on any atom is 0.240 e. The monoisotopic (exact) mass is 297 g/mol. The highest BCUT2D eigenvalue weighted by atomic mass is 19.1. The van der Waals surface area contributed by atoms with Gasteiger partial charge in [0, 0.05) is 24.6 Å². The van der Waals surface area contributed by atoms with Crippen LogP contribution in [-0.4, -0.2) is 33.7 Å². The van der Waals surface area contributed by atoms with E-state index in [1.165, 1.54) is 6.07 Å². The Morgan fingerprint density at radius 2 is 2.14 bits per heavy atom. The highest BCUT2D eigenvalue weighted by molar-refractivity contribution is 5.21. The molecule has 21 heavy (non-hydrogen) atoms. The predicted molar refractivity (Wildman–Crippen MR) is 71.3 cm³/mol. The lowest BCUT2D eigenvalue weighted by Gasteiger charge is -2.19. The van der Waals surface area contributed by atoms with Gasteiger partial charge >= 0.3 is 0 Å². The molecule has 1 N–H and O–H groups in total. The molecule has 1 aromatic heterocycles. The molecule has 0 amide bonds. The average Bonchev–Trinajstić information content (AvgIpc) is 2.85. The Balaban J connectivity index is 1.96. The Kier molecular flexibility index (Phi) is 4.98. The van der Waals surface area contributed by atoms with Crippen molar-refractivity contribution < 1.29 is 18.4 Å². The molecular weight excluding hydrogens is 280 g/mol. The van der Waals surface area contributed by atoms with Gasteiger partial charge in [0.1, 0.15) is 11.6 Å². The third-order valence-corrected chi connectivity index (χ3v) is 3.04. The molecule has 0 aliphatic heterocycles. The standard InChI is InChI=1S/C14H17F2N3O2/c1-3-13-17-14(21-18-13)8-19(2)7-12(20)10-5-4-9(15)6-11(10)16/h4-6,12,20H,3,7-8H2,1-2H3. The lowest BCUT2D eigenvalue weighted by atomic mass is 10.1. The number of aromatic nitrogens is 2. The molecule has 1 atom stereocenters. The van der Waals surface area contributed by atoms with Crippen LogP contribution in [0.5, 0.6) is 0 Å². The Hall–Kier alpha value is -1.86. The molecule has 1 unspecified atom stereocenters. The third kappa shape index (κ3) is 4.05. The molecule has 0 radical (unpaired) electrons. The number of halogens is 2. The lowest BCUT2D eigenvalue weighted by Crippen LogP contribution is -2.25. The van der Waals surface area contributed by atoms with Crippen molar-refractivity contribution in [2.24, 2.45) is 0 Å². The summed E-state index contributed by atoms with van der Waals surface area (Å²) >= 11 is 0. The van der Waals surface area contributed by atoms with Crippen molar-refractivity contribution >= 4 is 0 Å². The maximum absolute atomic E-state index is 13.6. The summed E-state index contributed by atoms with van der Waals surface area (Å²) in [5.74, 6) is -0.388. The molecular formula is C14H17F2N3O2. The van der Waals surface area contributed by atoms with Crippen molar-refractivity contribution in [3.8, 4) is 0 Å². The van der Waals surface area contributed by atoms with Crippen LogP contribution in [-0.2, 0) is 13.0 Å². The SMILES string of the molecule is CCc1noc(CN(C)CC(O)c2ccc(F)cc2F)n1. The van der Waals surface area contributed by atoms with Crippen molar-refractivity contribution in [2.75, 3.05) is 13.6 Å². The van der Waals surface area contributed by atoms with E-state index >= 15 is 0 Å². The zero-order chi connectivity index (χ0) is 15.4. The minimum atomic E-state index is -1.07. The number of nitrogens with zero attached hydrogens (tertiary/aromatic N) is 3. The highest BCUT2D eigenvalue weighted by Gasteiger charge is 2.17. The minimum absolute atomic E-state index is 0.0584. The van der Waals surface area contributed by atoms with E-state index in [0.29, 0.717) is 24.7 Å². The summed E-state index contributed by atoms with van der Waals surface area (Å²) in [5.41, 5.74) is 0.0584. The second-order valence-electron chi connectivity index (χ2n) is 4.84. The predicted octanol–water partition coefficient (Wildman–Crippen LogP) is 2.08. The molecule has 1 heterocycles. The molecule has 0 aliphatic rings. The van der Waals surface area contributed by atoms with Gasteiger partial charge in [-0.1, -0.05) is 18.1 Å². The van der Waals surface area contributed by atoms with Gasteiger partial charge in [0.25, 0.3) is 0 Å². The van der Waals surface area contributed by atoms with Gasteiger partial charge in [-0.2, -0.15) is 4.98 Å². The van der Waals surface area contributed by atoms with Crippen LogP contribution in [0.2, 0.25) is 0 Å². The van der Waals surface area contributed by atoms with Gasteiger partial charge in [-0.15, -0.1) is 0 Å². The molecule has 2 rings (SSSR count). The molecule has 7 heteroatoms. The van der Waals surface area contributed by atoms with E-state index in [9.17, 15) is 13.9 Å². The van der Waals surface area contributed by atoms with Crippen LogP contribution >= 0.6 is 0 Å². The van der Waals surface area contributed by atoms with Crippen LogP contribution < -0.4 is 0 Å². The van der Waals surface area contributed by atoms with E-state index in [0.717, 1.165) is 12.1 Å². The van der Waals surface area contributed by atoms with E-state index in [2.05, 4.69) is 10.1 Å². The lowest BCUT2D eigenvalue weighted by molar-refractivity contribution is 0.114. The fraction of sp³-hybridized carbons (Fsp3) is 0.429. The number of aliphatic hydroxyl groups is 1. The zero-order valence-corrected chi connectivity index (χ0v) is 11.9. The first-order chi connectivity index (χ1) is 9.99. The Morgan fingerprint density at radius 1 is 1.38 bits per heavy atom. The van der Waals surface area contributed by atoms with E-state index < -0.39 is 17.7 Å². The van der Waals surface area contributed by atoms with Gasteiger partial charge in [0.2, 0.25) is 5.89 Å². The van der Waals surface area contributed by atoms with Crippen LogP contribution in [0.4, 0.5) is 8.78 Å². The molecule has 0 spiro atoms. The summed E-state index contributed by atoms with van der Waals surface area (Å²) in [7, 11) is 1.74.